The monoisotopic (exact) mass is 304 g/mol. The van der Waals surface area contributed by atoms with Crippen molar-refractivity contribution in [2.75, 3.05) is 0 Å². The van der Waals surface area contributed by atoms with Crippen LogP contribution in [0.25, 0.3) is 0 Å². The van der Waals surface area contributed by atoms with Gasteiger partial charge in [0, 0.05) is 8.80 Å². The Labute approximate surface area is 134 Å². The zero-order valence-corrected chi connectivity index (χ0v) is 15.7. The summed E-state index contributed by atoms with van der Waals surface area (Å²) in [6.07, 6.45) is 24.7. The van der Waals surface area contributed by atoms with Crippen molar-refractivity contribution < 1.29 is 0 Å². The van der Waals surface area contributed by atoms with Crippen molar-refractivity contribution in [2.45, 2.75) is 96.2 Å². The zero-order chi connectivity index (χ0) is 15.0. The van der Waals surface area contributed by atoms with E-state index in [9.17, 15) is 0 Å². The highest BCUT2D eigenvalue weighted by Gasteiger charge is 2.34. The van der Waals surface area contributed by atoms with E-state index in [0.29, 0.717) is 5.41 Å². The maximum absolute atomic E-state index is 2.56. The first-order valence-corrected chi connectivity index (χ1v) is 12.7. The van der Waals surface area contributed by atoms with Gasteiger partial charge >= 0.3 is 0 Å². The Morgan fingerprint density at radius 1 is 0.857 bits per heavy atom. The molecule has 2 aliphatic rings. The molecule has 2 rings (SSSR count). The standard InChI is InChI=1S/C20H36Si/c1-21(2)18-20(19-14-10-11-15-19)16-12-8-6-4-3-5-7-9-13-17-20/h10-11,14,21H,3-9,12-13,15-18H2,1-2H3. The van der Waals surface area contributed by atoms with E-state index in [1.807, 2.05) is 0 Å². The van der Waals surface area contributed by atoms with E-state index >= 15 is 0 Å². The van der Waals surface area contributed by atoms with Crippen LogP contribution >= 0.6 is 0 Å². The lowest BCUT2D eigenvalue weighted by Gasteiger charge is -2.38. The maximum atomic E-state index is 2.56. The molecule has 120 valence electrons. The molecule has 0 radical (unpaired) electrons. The molecule has 0 aliphatic heterocycles. The molecule has 0 N–H and O–H groups in total. The average molecular weight is 305 g/mol. The quantitative estimate of drug-likeness (QED) is 0.512. The maximum Gasteiger partial charge on any atom is 0.0314 e. The van der Waals surface area contributed by atoms with E-state index in [4.69, 9.17) is 0 Å². The van der Waals surface area contributed by atoms with Crippen molar-refractivity contribution in [3.8, 4) is 0 Å². The second kappa shape index (κ2) is 8.98. The van der Waals surface area contributed by atoms with Crippen LogP contribution in [0.4, 0.5) is 0 Å². The highest BCUT2D eigenvalue weighted by atomic mass is 28.3. The van der Waals surface area contributed by atoms with E-state index < -0.39 is 8.80 Å². The SMILES string of the molecule is C[SiH](C)CC1(C2=CC=CC2)CCCCCCCCCCC1. The van der Waals surface area contributed by atoms with Gasteiger partial charge in [-0.25, -0.2) is 0 Å². The van der Waals surface area contributed by atoms with Crippen LogP contribution in [0.3, 0.4) is 0 Å². The summed E-state index contributed by atoms with van der Waals surface area (Å²) in [5, 5.41) is 0. The van der Waals surface area contributed by atoms with Gasteiger partial charge in [0.2, 0.25) is 0 Å². The molecule has 0 aromatic carbocycles. The highest BCUT2D eigenvalue weighted by Crippen LogP contribution is 2.46. The van der Waals surface area contributed by atoms with E-state index in [2.05, 4.69) is 31.3 Å². The molecule has 1 heteroatoms. The molecular formula is C20H36Si. The molecule has 0 aromatic heterocycles. The van der Waals surface area contributed by atoms with E-state index in [1.54, 1.807) is 11.6 Å². The lowest BCUT2D eigenvalue weighted by molar-refractivity contribution is 0.298. The Morgan fingerprint density at radius 2 is 1.38 bits per heavy atom. The summed E-state index contributed by atoms with van der Waals surface area (Å²) < 4.78 is 0. The minimum Gasteiger partial charge on any atom is -0.0804 e. The molecule has 0 atom stereocenters. The van der Waals surface area contributed by atoms with Gasteiger partial charge in [-0.3, -0.25) is 0 Å². The van der Waals surface area contributed by atoms with Crippen molar-refractivity contribution in [3.63, 3.8) is 0 Å². The molecule has 0 spiro atoms. The van der Waals surface area contributed by atoms with Gasteiger partial charge in [0.25, 0.3) is 0 Å². The smallest absolute Gasteiger partial charge is 0.0314 e. The molecule has 0 aromatic rings. The van der Waals surface area contributed by atoms with E-state index in [1.165, 1.54) is 77.0 Å². The van der Waals surface area contributed by atoms with Crippen LogP contribution in [0, 0.1) is 5.41 Å². The summed E-state index contributed by atoms with van der Waals surface area (Å²) in [6.45, 7) is 5.11. The molecule has 0 amide bonds. The molecule has 0 nitrogen and oxygen atoms in total. The second-order valence-electron chi connectivity index (χ2n) is 7.88. The number of rotatable bonds is 3. The summed E-state index contributed by atoms with van der Waals surface area (Å²) in [5.41, 5.74) is 2.38. The van der Waals surface area contributed by atoms with Crippen LogP contribution in [0.5, 0.6) is 0 Å². The second-order valence-corrected chi connectivity index (χ2v) is 11.1. The third-order valence-corrected chi connectivity index (χ3v) is 7.16. The van der Waals surface area contributed by atoms with Crippen molar-refractivity contribution in [3.05, 3.63) is 23.8 Å². The Kier molecular flexibility index (Phi) is 7.29. The Balaban J connectivity index is 2.07. The van der Waals surface area contributed by atoms with Gasteiger partial charge in [-0.05, 0) is 24.7 Å². The topological polar surface area (TPSA) is 0 Å². The molecule has 0 unspecified atom stereocenters. The normalized spacial score (nSPS) is 24.4. The summed E-state index contributed by atoms with van der Waals surface area (Å²) in [7, 11) is -0.517. The summed E-state index contributed by atoms with van der Waals surface area (Å²) in [5.74, 6) is 0. The van der Waals surface area contributed by atoms with Crippen molar-refractivity contribution in [1.29, 1.82) is 0 Å². The number of hydrogen-bond donors (Lipinski definition) is 0. The van der Waals surface area contributed by atoms with Crippen molar-refractivity contribution in [2.24, 2.45) is 5.41 Å². The predicted molar refractivity (Wildman–Crippen MR) is 98.7 cm³/mol. The van der Waals surface area contributed by atoms with Gasteiger partial charge in [-0.15, -0.1) is 0 Å². The third kappa shape index (κ3) is 5.43. The van der Waals surface area contributed by atoms with Gasteiger partial charge in [0.1, 0.15) is 0 Å². The largest absolute Gasteiger partial charge is 0.0804 e. The fourth-order valence-corrected chi connectivity index (χ4v) is 6.80. The number of hydrogen-bond acceptors (Lipinski definition) is 0. The lowest BCUT2D eigenvalue weighted by Crippen LogP contribution is -2.27. The van der Waals surface area contributed by atoms with E-state index in [0.717, 1.165) is 0 Å². The van der Waals surface area contributed by atoms with Crippen LogP contribution in [-0.4, -0.2) is 8.80 Å². The first-order valence-electron chi connectivity index (χ1n) is 9.59. The van der Waals surface area contributed by atoms with Gasteiger partial charge in [0.15, 0.2) is 0 Å². The van der Waals surface area contributed by atoms with Crippen LogP contribution in [0.15, 0.2) is 23.8 Å². The van der Waals surface area contributed by atoms with Crippen molar-refractivity contribution >= 4 is 8.80 Å². The molecule has 0 bridgehead atoms. The molecule has 0 heterocycles. The number of allylic oxidation sites excluding steroid dienone is 4. The zero-order valence-electron chi connectivity index (χ0n) is 14.5. The van der Waals surface area contributed by atoms with Crippen LogP contribution in [0.2, 0.25) is 19.1 Å². The predicted octanol–water partition coefficient (Wildman–Crippen LogP) is 6.65. The van der Waals surface area contributed by atoms with Crippen LogP contribution < -0.4 is 0 Å². The molecular weight excluding hydrogens is 268 g/mol. The summed E-state index contributed by atoms with van der Waals surface area (Å²) in [6, 6.07) is 1.54. The fourth-order valence-electron chi connectivity index (χ4n) is 4.57. The van der Waals surface area contributed by atoms with Crippen LogP contribution in [-0.2, 0) is 0 Å². The highest BCUT2D eigenvalue weighted by molar-refractivity contribution is 6.55. The lowest BCUT2D eigenvalue weighted by atomic mass is 9.72. The summed E-state index contributed by atoms with van der Waals surface area (Å²) >= 11 is 0. The Bertz CT molecular complexity index is 339. The molecule has 0 saturated heterocycles. The van der Waals surface area contributed by atoms with Gasteiger partial charge < -0.3 is 0 Å². The minimum absolute atomic E-state index is 0.517. The molecule has 21 heavy (non-hydrogen) atoms. The van der Waals surface area contributed by atoms with Crippen molar-refractivity contribution in [1.82, 2.24) is 0 Å². The van der Waals surface area contributed by atoms with Gasteiger partial charge in [-0.1, -0.05) is 101 Å². The third-order valence-electron chi connectivity index (χ3n) is 5.56. The first kappa shape index (κ1) is 17.1. The van der Waals surface area contributed by atoms with E-state index in [-0.39, 0.29) is 0 Å². The summed E-state index contributed by atoms with van der Waals surface area (Å²) in [4.78, 5) is 0. The molecule has 1 saturated carbocycles. The Morgan fingerprint density at radius 3 is 1.81 bits per heavy atom. The molecule has 2 aliphatic carbocycles. The first-order chi connectivity index (χ1) is 10.2. The Hall–Kier alpha value is -0.303. The van der Waals surface area contributed by atoms with Gasteiger partial charge in [-0.2, -0.15) is 0 Å². The molecule has 1 fully saturated rings. The minimum atomic E-state index is -0.517. The van der Waals surface area contributed by atoms with Crippen LogP contribution in [0.1, 0.15) is 77.0 Å². The average Bonchev–Trinajstić information content (AvgIpc) is 2.96. The van der Waals surface area contributed by atoms with Gasteiger partial charge in [0.05, 0.1) is 0 Å². The fraction of sp³-hybridized carbons (Fsp3) is 0.800.